The minimum atomic E-state index is -4.56. The van der Waals surface area contributed by atoms with Crippen LogP contribution in [0, 0.1) is 0 Å². The minimum absolute atomic E-state index is 0.202. The Balaban J connectivity index is 1.62. The van der Waals surface area contributed by atoms with Crippen molar-refractivity contribution in [2.75, 3.05) is 10.6 Å². The largest absolute Gasteiger partial charge is 0.434 e. The van der Waals surface area contributed by atoms with Gasteiger partial charge in [0.15, 0.2) is 11.5 Å². The smallest absolute Gasteiger partial charge is 0.320 e. The molecule has 24 heavy (non-hydrogen) atoms. The number of nitrogens with one attached hydrogen (secondary N) is 3. The van der Waals surface area contributed by atoms with E-state index in [1.54, 1.807) is 6.07 Å². The predicted octanol–water partition coefficient (Wildman–Crippen LogP) is 3.46. The lowest BCUT2D eigenvalue weighted by Crippen LogP contribution is -2.21. The first-order valence-corrected chi connectivity index (χ1v) is 7.57. The number of aromatic nitrogens is 4. The summed E-state index contributed by atoms with van der Waals surface area (Å²) in [5.74, 6) is 0.533. The molecule has 2 aromatic heterocycles. The normalized spacial score (nSPS) is 15.7. The highest BCUT2D eigenvalue weighted by Gasteiger charge is 2.34. The Bertz CT molecular complexity index is 729. The van der Waals surface area contributed by atoms with Crippen molar-refractivity contribution in [1.82, 2.24) is 19.7 Å². The van der Waals surface area contributed by atoms with E-state index in [4.69, 9.17) is 0 Å². The van der Waals surface area contributed by atoms with Crippen molar-refractivity contribution in [3.63, 3.8) is 0 Å². The maximum atomic E-state index is 12.6. The number of aromatic amines is 1. The van der Waals surface area contributed by atoms with Crippen LogP contribution in [0.3, 0.4) is 0 Å². The lowest BCUT2D eigenvalue weighted by atomic mass is 10.0. The van der Waals surface area contributed by atoms with E-state index in [-0.39, 0.29) is 5.95 Å². The molecule has 2 heterocycles. The van der Waals surface area contributed by atoms with E-state index in [0.29, 0.717) is 11.7 Å². The molecule has 1 fully saturated rings. The average Bonchev–Trinajstić information content (AvgIpc) is 3.19. The molecule has 0 atom stereocenters. The van der Waals surface area contributed by atoms with Crippen LogP contribution in [0.1, 0.15) is 43.0 Å². The average molecular weight is 342 g/mol. The van der Waals surface area contributed by atoms with Crippen LogP contribution in [0.4, 0.5) is 29.7 Å². The molecule has 3 rings (SSSR count). The van der Waals surface area contributed by atoms with Gasteiger partial charge in [-0.25, -0.2) is 9.78 Å². The van der Waals surface area contributed by atoms with Crippen molar-refractivity contribution in [2.24, 2.45) is 7.05 Å². The third-order valence-corrected chi connectivity index (χ3v) is 4.03. The highest BCUT2D eigenvalue weighted by atomic mass is 19.4. The number of halogens is 3. The zero-order chi connectivity index (χ0) is 17.3. The molecule has 7 nitrogen and oxygen atoms in total. The van der Waals surface area contributed by atoms with Crippen molar-refractivity contribution in [3.05, 3.63) is 23.7 Å². The lowest BCUT2D eigenvalue weighted by Gasteiger charge is -2.05. The van der Waals surface area contributed by atoms with Crippen LogP contribution in [0.5, 0.6) is 0 Å². The Morgan fingerprint density at radius 3 is 2.67 bits per heavy atom. The van der Waals surface area contributed by atoms with Gasteiger partial charge in [-0.3, -0.25) is 15.7 Å². The van der Waals surface area contributed by atoms with Crippen LogP contribution in [-0.4, -0.2) is 25.8 Å². The minimum Gasteiger partial charge on any atom is -0.320 e. The zero-order valence-corrected chi connectivity index (χ0v) is 12.9. The second-order valence-electron chi connectivity index (χ2n) is 5.83. The summed E-state index contributed by atoms with van der Waals surface area (Å²) in [6.07, 6.45) is 0.763. The number of amides is 2. The number of hydrogen-bond donors (Lipinski definition) is 3. The van der Waals surface area contributed by atoms with Crippen molar-refractivity contribution >= 4 is 17.8 Å². The molecule has 0 bridgehead atoms. The number of imidazole rings is 1. The lowest BCUT2D eigenvalue weighted by molar-refractivity contribution is -0.140. The molecule has 0 aliphatic heterocycles. The standard InChI is InChI=1S/C14H17F3N6O/c1-23-7-10(14(15,16)17)18-12(23)20-13(24)19-11-6-9(21-22-11)8-4-2-3-5-8/h6-8H,2-5H2,1H3,(H3,18,19,20,21,22,24). The van der Waals surface area contributed by atoms with Gasteiger partial charge in [0.05, 0.1) is 0 Å². The molecule has 2 aromatic rings. The summed E-state index contributed by atoms with van der Waals surface area (Å²) in [6.45, 7) is 0. The topological polar surface area (TPSA) is 87.6 Å². The number of aryl methyl sites for hydroxylation is 1. The van der Waals surface area contributed by atoms with Crippen LogP contribution in [-0.2, 0) is 13.2 Å². The third-order valence-electron chi connectivity index (χ3n) is 4.03. The molecule has 3 N–H and O–H groups in total. The number of carbonyl (C=O) groups is 1. The number of nitrogens with zero attached hydrogens (tertiary/aromatic N) is 3. The summed E-state index contributed by atoms with van der Waals surface area (Å²) >= 11 is 0. The van der Waals surface area contributed by atoms with Crippen LogP contribution >= 0.6 is 0 Å². The van der Waals surface area contributed by atoms with Gasteiger partial charge >= 0.3 is 12.2 Å². The van der Waals surface area contributed by atoms with Crippen LogP contribution in [0.25, 0.3) is 0 Å². The number of H-pyrrole nitrogens is 1. The first kappa shape index (κ1) is 16.3. The summed E-state index contributed by atoms with van der Waals surface area (Å²) < 4.78 is 38.9. The molecular formula is C14H17F3N6O. The van der Waals surface area contributed by atoms with E-state index in [1.807, 2.05) is 0 Å². The van der Waals surface area contributed by atoms with Crippen LogP contribution in [0.15, 0.2) is 12.3 Å². The first-order chi connectivity index (χ1) is 11.3. The zero-order valence-electron chi connectivity index (χ0n) is 12.9. The van der Waals surface area contributed by atoms with Crippen LogP contribution in [0.2, 0.25) is 0 Å². The molecule has 1 aliphatic rings. The fourth-order valence-corrected chi connectivity index (χ4v) is 2.81. The Morgan fingerprint density at radius 1 is 1.33 bits per heavy atom. The van der Waals surface area contributed by atoms with Crippen molar-refractivity contribution < 1.29 is 18.0 Å². The molecule has 0 saturated heterocycles. The fraction of sp³-hybridized carbons (Fsp3) is 0.500. The number of rotatable bonds is 3. The Morgan fingerprint density at radius 2 is 2.04 bits per heavy atom. The van der Waals surface area contributed by atoms with Gasteiger partial charge in [-0.15, -0.1) is 0 Å². The summed E-state index contributed by atoms with van der Waals surface area (Å²) in [7, 11) is 1.37. The van der Waals surface area contributed by atoms with E-state index < -0.39 is 17.9 Å². The summed E-state index contributed by atoms with van der Waals surface area (Å²) in [4.78, 5) is 15.3. The number of hydrogen-bond acceptors (Lipinski definition) is 3. The quantitative estimate of drug-likeness (QED) is 0.798. The van der Waals surface area contributed by atoms with Gasteiger partial charge in [0.1, 0.15) is 0 Å². The summed E-state index contributed by atoms with van der Waals surface area (Å²) in [5.41, 5.74) is -0.109. The van der Waals surface area contributed by atoms with Gasteiger partial charge < -0.3 is 4.57 Å². The van der Waals surface area contributed by atoms with Gasteiger partial charge in [-0.2, -0.15) is 18.3 Å². The third kappa shape index (κ3) is 3.52. The van der Waals surface area contributed by atoms with Gasteiger partial charge in [-0.1, -0.05) is 12.8 Å². The molecule has 0 unspecified atom stereocenters. The second-order valence-corrected chi connectivity index (χ2v) is 5.83. The van der Waals surface area contributed by atoms with Gasteiger partial charge in [0, 0.05) is 30.9 Å². The number of urea groups is 1. The monoisotopic (exact) mass is 342 g/mol. The number of alkyl halides is 3. The van der Waals surface area contributed by atoms with E-state index >= 15 is 0 Å². The molecule has 0 aromatic carbocycles. The van der Waals surface area contributed by atoms with E-state index in [0.717, 1.165) is 29.3 Å². The molecule has 10 heteroatoms. The van der Waals surface area contributed by atoms with Crippen LogP contribution < -0.4 is 10.6 Å². The molecule has 130 valence electrons. The molecule has 0 spiro atoms. The Kier molecular flexibility index (Phi) is 4.20. The summed E-state index contributed by atoms with van der Waals surface area (Å²) in [5, 5.41) is 11.7. The maximum absolute atomic E-state index is 12.6. The van der Waals surface area contributed by atoms with E-state index in [1.165, 1.54) is 19.9 Å². The van der Waals surface area contributed by atoms with Crippen molar-refractivity contribution in [2.45, 2.75) is 37.8 Å². The SMILES string of the molecule is Cn1cc(C(F)(F)F)nc1NC(=O)Nc1cc(C2CCCC2)[nH]n1. The molecular weight excluding hydrogens is 325 g/mol. The van der Waals surface area contributed by atoms with Gasteiger partial charge in [-0.05, 0) is 12.8 Å². The van der Waals surface area contributed by atoms with Crippen molar-refractivity contribution in [1.29, 1.82) is 0 Å². The van der Waals surface area contributed by atoms with Gasteiger partial charge in [0.25, 0.3) is 0 Å². The Hall–Kier alpha value is -2.52. The van der Waals surface area contributed by atoms with Gasteiger partial charge in [0.2, 0.25) is 5.95 Å². The second kappa shape index (κ2) is 6.17. The highest BCUT2D eigenvalue weighted by Crippen LogP contribution is 2.33. The Labute approximate surface area is 135 Å². The summed E-state index contributed by atoms with van der Waals surface area (Å²) in [6, 6.07) is 1.04. The highest BCUT2D eigenvalue weighted by molar-refractivity contribution is 5.98. The van der Waals surface area contributed by atoms with E-state index in [9.17, 15) is 18.0 Å². The number of anilines is 2. The first-order valence-electron chi connectivity index (χ1n) is 7.57. The molecule has 2 amide bonds. The predicted molar refractivity (Wildman–Crippen MR) is 80.6 cm³/mol. The number of carbonyl (C=O) groups excluding carboxylic acids is 1. The van der Waals surface area contributed by atoms with E-state index in [2.05, 4.69) is 25.8 Å². The fourth-order valence-electron chi connectivity index (χ4n) is 2.81. The molecule has 0 radical (unpaired) electrons. The molecule has 1 aliphatic carbocycles. The van der Waals surface area contributed by atoms with Crippen molar-refractivity contribution in [3.8, 4) is 0 Å². The molecule has 1 saturated carbocycles. The maximum Gasteiger partial charge on any atom is 0.434 e.